The second-order valence-corrected chi connectivity index (χ2v) is 5.66. The van der Waals surface area contributed by atoms with E-state index in [-0.39, 0.29) is 11.1 Å². The number of carboxylic acid groups (broad SMARTS) is 1. The second kappa shape index (κ2) is 7.13. The van der Waals surface area contributed by atoms with E-state index in [2.05, 4.69) is 9.97 Å². The Kier molecular flexibility index (Phi) is 4.74. The molecule has 10 heteroatoms. The smallest absolute Gasteiger partial charge is 0.335 e. The van der Waals surface area contributed by atoms with E-state index in [1.807, 2.05) is 4.90 Å². The number of nitro groups is 1. The molecule has 1 fully saturated rings. The Morgan fingerprint density at radius 1 is 1.04 bits per heavy atom. The number of rotatable bonds is 4. The average Bonchev–Trinajstić information content (AvgIpc) is 2.67. The first kappa shape index (κ1) is 17.3. The molecule has 1 aromatic carbocycles. The molecule has 3 rings (SSSR count). The second-order valence-electron chi connectivity index (χ2n) is 5.66. The van der Waals surface area contributed by atoms with Gasteiger partial charge in [-0.15, -0.1) is 0 Å². The summed E-state index contributed by atoms with van der Waals surface area (Å²) in [4.78, 5) is 45.9. The lowest BCUT2D eigenvalue weighted by Gasteiger charge is -2.34. The van der Waals surface area contributed by atoms with Crippen LogP contribution in [-0.2, 0) is 0 Å². The van der Waals surface area contributed by atoms with Gasteiger partial charge in [0.2, 0.25) is 5.95 Å². The Morgan fingerprint density at radius 3 is 2.23 bits per heavy atom. The fraction of sp³-hybridized carbons (Fsp3) is 0.250. The number of carbonyl (C=O) groups is 2. The first-order valence-corrected chi connectivity index (χ1v) is 7.80. The normalized spacial score (nSPS) is 14.2. The molecule has 0 atom stereocenters. The molecule has 0 radical (unpaired) electrons. The highest BCUT2D eigenvalue weighted by atomic mass is 16.6. The van der Waals surface area contributed by atoms with E-state index >= 15 is 0 Å². The summed E-state index contributed by atoms with van der Waals surface area (Å²) in [6, 6.07) is 4.90. The summed E-state index contributed by atoms with van der Waals surface area (Å²) < 4.78 is 0. The van der Waals surface area contributed by atoms with Gasteiger partial charge in [0.05, 0.1) is 10.5 Å². The van der Waals surface area contributed by atoms with E-state index in [9.17, 15) is 19.7 Å². The maximum Gasteiger partial charge on any atom is 0.335 e. The number of benzene rings is 1. The fourth-order valence-corrected chi connectivity index (χ4v) is 2.71. The van der Waals surface area contributed by atoms with Crippen LogP contribution in [0.15, 0.2) is 36.7 Å². The third-order valence-corrected chi connectivity index (χ3v) is 4.02. The molecule has 134 valence electrons. The zero-order chi connectivity index (χ0) is 18.7. The number of anilines is 1. The number of aromatic carboxylic acids is 1. The number of aromatic nitrogens is 2. The average molecular weight is 357 g/mol. The topological polar surface area (TPSA) is 130 Å². The maximum atomic E-state index is 12.7. The highest BCUT2D eigenvalue weighted by molar-refractivity contribution is 5.98. The van der Waals surface area contributed by atoms with Crippen LogP contribution in [0.5, 0.6) is 0 Å². The monoisotopic (exact) mass is 357 g/mol. The molecule has 0 saturated carbocycles. The third-order valence-electron chi connectivity index (χ3n) is 4.02. The minimum absolute atomic E-state index is 0.0130. The van der Waals surface area contributed by atoms with E-state index < -0.39 is 22.5 Å². The summed E-state index contributed by atoms with van der Waals surface area (Å²) in [5.41, 5.74) is -0.732. The number of carboxylic acids is 1. The Hall–Kier alpha value is -3.56. The van der Waals surface area contributed by atoms with Gasteiger partial charge in [-0.25, -0.2) is 14.8 Å². The molecule has 2 heterocycles. The molecular formula is C16H15N5O5. The summed E-state index contributed by atoms with van der Waals surface area (Å²) in [6.07, 6.45) is 3.27. The van der Waals surface area contributed by atoms with E-state index in [0.29, 0.717) is 32.1 Å². The largest absolute Gasteiger partial charge is 0.478 e. The number of nitrogens with zero attached hydrogens (tertiary/aromatic N) is 5. The highest BCUT2D eigenvalue weighted by Gasteiger charge is 2.25. The highest BCUT2D eigenvalue weighted by Crippen LogP contribution is 2.20. The summed E-state index contributed by atoms with van der Waals surface area (Å²) >= 11 is 0. The van der Waals surface area contributed by atoms with Crippen molar-refractivity contribution < 1.29 is 19.6 Å². The predicted octanol–water partition coefficient (Wildman–Crippen LogP) is 1.05. The van der Waals surface area contributed by atoms with Crippen molar-refractivity contribution in [1.29, 1.82) is 0 Å². The third kappa shape index (κ3) is 3.58. The van der Waals surface area contributed by atoms with Crippen molar-refractivity contribution in [3.63, 3.8) is 0 Å². The predicted molar refractivity (Wildman–Crippen MR) is 90.2 cm³/mol. The number of non-ortho nitro benzene ring substituents is 1. The fourth-order valence-electron chi connectivity index (χ4n) is 2.71. The first-order chi connectivity index (χ1) is 12.5. The lowest BCUT2D eigenvalue weighted by Crippen LogP contribution is -2.49. The molecule has 2 aromatic rings. The summed E-state index contributed by atoms with van der Waals surface area (Å²) in [7, 11) is 0. The lowest BCUT2D eigenvalue weighted by atomic mass is 10.1. The van der Waals surface area contributed by atoms with Crippen LogP contribution in [0.3, 0.4) is 0 Å². The Balaban J connectivity index is 1.76. The quantitative estimate of drug-likeness (QED) is 0.635. The van der Waals surface area contributed by atoms with Crippen LogP contribution in [0.1, 0.15) is 20.7 Å². The van der Waals surface area contributed by atoms with Crippen LogP contribution >= 0.6 is 0 Å². The van der Waals surface area contributed by atoms with Crippen LogP contribution in [0.4, 0.5) is 11.6 Å². The number of piperazine rings is 1. The Bertz CT molecular complexity index is 817. The van der Waals surface area contributed by atoms with Gasteiger partial charge in [0.15, 0.2) is 0 Å². The van der Waals surface area contributed by atoms with Crippen molar-refractivity contribution in [3.8, 4) is 0 Å². The zero-order valence-corrected chi connectivity index (χ0v) is 13.6. The van der Waals surface area contributed by atoms with E-state index in [4.69, 9.17) is 5.11 Å². The molecular weight excluding hydrogens is 342 g/mol. The van der Waals surface area contributed by atoms with Crippen LogP contribution in [0.2, 0.25) is 0 Å². The molecule has 0 unspecified atom stereocenters. The minimum atomic E-state index is -1.33. The summed E-state index contributed by atoms with van der Waals surface area (Å²) in [6.45, 7) is 1.78. The van der Waals surface area contributed by atoms with Crippen molar-refractivity contribution in [2.45, 2.75) is 0 Å². The summed E-state index contributed by atoms with van der Waals surface area (Å²) in [5, 5.41) is 20.1. The maximum absolute atomic E-state index is 12.7. The van der Waals surface area contributed by atoms with Gasteiger partial charge in [-0.3, -0.25) is 14.9 Å². The van der Waals surface area contributed by atoms with E-state index in [0.717, 1.165) is 18.2 Å². The molecule has 1 aliphatic rings. The molecule has 10 nitrogen and oxygen atoms in total. The zero-order valence-electron chi connectivity index (χ0n) is 13.6. The van der Waals surface area contributed by atoms with Gasteiger partial charge in [0, 0.05) is 56.3 Å². The van der Waals surface area contributed by atoms with Gasteiger partial charge in [-0.1, -0.05) is 0 Å². The molecule has 0 aliphatic carbocycles. The number of nitro benzene ring substituents is 1. The van der Waals surface area contributed by atoms with Crippen LogP contribution in [0.25, 0.3) is 0 Å². The molecule has 26 heavy (non-hydrogen) atoms. The van der Waals surface area contributed by atoms with Crippen molar-refractivity contribution in [1.82, 2.24) is 14.9 Å². The van der Waals surface area contributed by atoms with Gasteiger partial charge in [-0.2, -0.15) is 0 Å². The van der Waals surface area contributed by atoms with Crippen LogP contribution < -0.4 is 4.90 Å². The first-order valence-electron chi connectivity index (χ1n) is 7.80. The number of carbonyl (C=O) groups excluding carboxylic acids is 1. The van der Waals surface area contributed by atoms with E-state index in [1.54, 1.807) is 18.5 Å². The molecule has 1 amide bonds. The molecule has 0 bridgehead atoms. The van der Waals surface area contributed by atoms with Gasteiger partial charge in [-0.05, 0) is 12.1 Å². The van der Waals surface area contributed by atoms with Crippen molar-refractivity contribution in [2.75, 3.05) is 31.1 Å². The molecule has 1 aliphatic heterocycles. The van der Waals surface area contributed by atoms with Gasteiger partial charge in [0.1, 0.15) is 0 Å². The number of hydrogen-bond acceptors (Lipinski definition) is 7. The van der Waals surface area contributed by atoms with Crippen LogP contribution in [-0.4, -0.2) is 63.0 Å². The van der Waals surface area contributed by atoms with Crippen LogP contribution in [0, 0.1) is 10.1 Å². The molecule has 0 spiro atoms. The minimum Gasteiger partial charge on any atom is -0.478 e. The summed E-state index contributed by atoms with van der Waals surface area (Å²) in [5.74, 6) is -1.19. The van der Waals surface area contributed by atoms with Crippen molar-refractivity contribution >= 4 is 23.5 Å². The SMILES string of the molecule is O=C(O)c1cc(C(=O)N2CCN(c3ncccn3)CC2)cc([N+](=O)[O-])c1. The molecule has 1 saturated heterocycles. The molecule has 1 aromatic heterocycles. The van der Waals surface area contributed by atoms with Gasteiger partial charge in [0.25, 0.3) is 11.6 Å². The number of amides is 1. The van der Waals surface area contributed by atoms with E-state index in [1.165, 1.54) is 4.90 Å². The number of hydrogen-bond donors (Lipinski definition) is 1. The van der Waals surface area contributed by atoms with Crippen molar-refractivity contribution in [3.05, 3.63) is 57.9 Å². The Labute approximate surface area is 147 Å². The standard InChI is InChI=1S/C16H15N5O5/c22-14(11-8-12(15(23)24)10-13(9-11)21(25)26)19-4-6-20(7-5-19)16-17-2-1-3-18-16/h1-3,8-10H,4-7H2,(H,23,24). The van der Waals surface area contributed by atoms with Crippen molar-refractivity contribution in [2.24, 2.45) is 0 Å². The van der Waals surface area contributed by atoms with Gasteiger partial charge < -0.3 is 14.9 Å². The van der Waals surface area contributed by atoms with Gasteiger partial charge >= 0.3 is 5.97 Å². The Morgan fingerprint density at radius 2 is 1.65 bits per heavy atom. The molecule has 1 N–H and O–H groups in total. The lowest BCUT2D eigenvalue weighted by molar-refractivity contribution is -0.384.